The summed E-state index contributed by atoms with van der Waals surface area (Å²) in [5, 5.41) is 0. The molecule has 1 aromatic rings. The van der Waals surface area contributed by atoms with E-state index in [1.165, 1.54) is 12.0 Å². The van der Waals surface area contributed by atoms with E-state index >= 15 is 0 Å². The smallest absolute Gasteiger partial charge is 0.00955 e. The average Bonchev–Trinajstić information content (AvgIpc) is 2.27. The second-order valence-electron chi connectivity index (χ2n) is 5.56. The molecule has 0 saturated carbocycles. The van der Waals surface area contributed by atoms with Gasteiger partial charge in [-0.25, -0.2) is 0 Å². The van der Waals surface area contributed by atoms with Crippen molar-refractivity contribution in [2.45, 2.75) is 40.0 Å². The van der Waals surface area contributed by atoms with Crippen LogP contribution >= 0.6 is 0 Å². The van der Waals surface area contributed by atoms with Crippen molar-refractivity contribution < 1.29 is 0 Å². The highest BCUT2D eigenvalue weighted by molar-refractivity contribution is 5.61. The second kappa shape index (κ2) is 4.45. The van der Waals surface area contributed by atoms with Gasteiger partial charge < -0.3 is 0 Å². The molecule has 1 atom stereocenters. The summed E-state index contributed by atoms with van der Waals surface area (Å²) in [6, 6.07) is 8.87. The van der Waals surface area contributed by atoms with E-state index < -0.39 is 0 Å². The van der Waals surface area contributed by atoms with Gasteiger partial charge in [0.25, 0.3) is 0 Å². The van der Waals surface area contributed by atoms with Gasteiger partial charge >= 0.3 is 0 Å². The van der Waals surface area contributed by atoms with E-state index in [9.17, 15) is 0 Å². The summed E-state index contributed by atoms with van der Waals surface area (Å²) in [4.78, 5) is 0. The lowest BCUT2D eigenvalue weighted by molar-refractivity contribution is 0.474. The second-order valence-corrected chi connectivity index (χ2v) is 5.56. The lowest BCUT2D eigenvalue weighted by Gasteiger charge is -2.30. The third kappa shape index (κ3) is 2.07. The van der Waals surface area contributed by atoms with E-state index in [1.807, 2.05) is 0 Å². The predicted molar refractivity (Wildman–Crippen MR) is 71.5 cm³/mol. The average molecular weight is 214 g/mol. The predicted octanol–water partition coefficient (Wildman–Crippen LogP) is 4.87. The van der Waals surface area contributed by atoms with E-state index in [0.29, 0.717) is 11.8 Å². The SMILES string of the molecule is CC(C)C1=Cc2ccccc2C(C(C)C)C1. The molecule has 0 fully saturated rings. The van der Waals surface area contributed by atoms with Crippen molar-refractivity contribution in [1.82, 2.24) is 0 Å². The topological polar surface area (TPSA) is 0 Å². The van der Waals surface area contributed by atoms with Gasteiger partial charge in [0.2, 0.25) is 0 Å². The van der Waals surface area contributed by atoms with Crippen molar-refractivity contribution in [2.24, 2.45) is 11.8 Å². The summed E-state index contributed by atoms with van der Waals surface area (Å²) in [5.41, 5.74) is 4.59. The van der Waals surface area contributed by atoms with Crippen molar-refractivity contribution in [3.8, 4) is 0 Å². The molecule has 0 heteroatoms. The fourth-order valence-corrected chi connectivity index (χ4v) is 2.60. The summed E-state index contributed by atoms with van der Waals surface area (Å²) < 4.78 is 0. The Balaban J connectivity index is 2.45. The van der Waals surface area contributed by atoms with E-state index in [0.717, 1.165) is 5.92 Å². The van der Waals surface area contributed by atoms with E-state index in [1.54, 1.807) is 11.1 Å². The molecule has 0 saturated heterocycles. The first-order valence-corrected chi connectivity index (χ1v) is 6.39. The van der Waals surface area contributed by atoms with Crippen LogP contribution in [0.5, 0.6) is 0 Å². The molecule has 0 aromatic heterocycles. The lowest BCUT2D eigenvalue weighted by Crippen LogP contribution is -2.15. The zero-order chi connectivity index (χ0) is 11.7. The van der Waals surface area contributed by atoms with Crippen molar-refractivity contribution in [3.63, 3.8) is 0 Å². The Labute approximate surface area is 99.4 Å². The number of hydrogen-bond donors (Lipinski definition) is 0. The van der Waals surface area contributed by atoms with E-state index in [-0.39, 0.29) is 0 Å². The number of rotatable bonds is 2. The largest absolute Gasteiger partial charge is 0.0664 e. The molecule has 0 heterocycles. The van der Waals surface area contributed by atoms with Crippen LogP contribution in [0.2, 0.25) is 0 Å². The van der Waals surface area contributed by atoms with Crippen LogP contribution in [0.3, 0.4) is 0 Å². The Morgan fingerprint density at radius 1 is 1.06 bits per heavy atom. The van der Waals surface area contributed by atoms with Crippen molar-refractivity contribution >= 4 is 6.08 Å². The molecule has 0 N–H and O–H groups in total. The van der Waals surface area contributed by atoms with Gasteiger partial charge in [-0.3, -0.25) is 0 Å². The molecule has 0 radical (unpaired) electrons. The molecule has 0 spiro atoms. The lowest BCUT2D eigenvalue weighted by atomic mass is 9.75. The van der Waals surface area contributed by atoms with Crippen LogP contribution < -0.4 is 0 Å². The number of fused-ring (bicyclic) bond motifs is 1. The molecule has 0 amide bonds. The van der Waals surface area contributed by atoms with Crippen LogP contribution in [0.15, 0.2) is 29.8 Å². The minimum Gasteiger partial charge on any atom is -0.0664 e. The Kier molecular flexibility index (Phi) is 3.18. The Morgan fingerprint density at radius 2 is 1.75 bits per heavy atom. The van der Waals surface area contributed by atoms with Crippen LogP contribution in [0.4, 0.5) is 0 Å². The van der Waals surface area contributed by atoms with Gasteiger partial charge in [-0.15, -0.1) is 0 Å². The van der Waals surface area contributed by atoms with Crippen LogP contribution in [0.25, 0.3) is 6.08 Å². The zero-order valence-corrected chi connectivity index (χ0v) is 10.8. The van der Waals surface area contributed by atoms with Gasteiger partial charge in [0.1, 0.15) is 0 Å². The Hall–Kier alpha value is -1.04. The summed E-state index contributed by atoms with van der Waals surface area (Å²) in [7, 11) is 0. The molecule has 1 aliphatic carbocycles. The summed E-state index contributed by atoms with van der Waals surface area (Å²) in [6.45, 7) is 9.28. The van der Waals surface area contributed by atoms with E-state index in [4.69, 9.17) is 0 Å². The van der Waals surface area contributed by atoms with Crippen LogP contribution in [-0.2, 0) is 0 Å². The number of hydrogen-bond acceptors (Lipinski definition) is 0. The summed E-state index contributed by atoms with van der Waals surface area (Å²) in [6.07, 6.45) is 3.64. The van der Waals surface area contributed by atoms with Gasteiger partial charge in [0.05, 0.1) is 0 Å². The van der Waals surface area contributed by atoms with Gasteiger partial charge in [-0.1, -0.05) is 63.6 Å². The van der Waals surface area contributed by atoms with Gasteiger partial charge in [-0.05, 0) is 35.3 Å². The zero-order valence-electron chi connectivity index (χ0n) is 10.8. The molecule has 1 aromatic carbocycles. The molecular formula is C16H22. The summed E-state index contributed by atoms with van der Waals surface area (Å²) >= 11 is 0. The first kappa shape index (κ1) is 11.4. The molecular weight excluding hydrogens is 192 g/mol. The first-order valence-electron chi connectivity index (χ1n) is 6.39. The monoisotopic (exact) mass is 214 g/mol. The third-order valence-electron chi connectivity index (χ3n) is 3.74. The molecule has 1 unspecified atom stereocenters. The van der Waals surface area contributed by atoms with Crippen molar-refractivity contribution in [2.75, 3.05) is 0 Å². The number of benzene rings is 1. The maximum Gasteiger partial charge on any atom is -0.00955 e. The van der Waals surface area contributed by atoms with Crippen LogP contribution in [-0.4, -0.2) is 0 Å². The normalized spacial score (nSPS) is 19.9. The molecule has 1 aliphatic rings. The minimum atomic E-state index is 0.676. The molecule has 0 aliphatic heterocycles. The standard InChI is InChI=1S/C16H22/c1-11(2)14-9-13-7-5-6-8-15(13)16(10-14)12(3)4/h5-9,11-12,16H,10H2,1-4H3. The minimum absolute atomic E-state index is 0.676. The fourth-order valence-electron chi connectivity index (χ4n) is 2.60. The van der Waals surface area contributed by atoms with Crippen molar-refractivity contribution in [1.29, 1.82) is 0 Å². The fraction of sp³-hybridized carbons (Fsp3) is 0.500. The highest BCUT2D eigenvalue weighted by atomic mass is 14.3. The number of allylic oxidation sites excluding steroid dienone is 1. The Bertz CT molecular complexity index is 396. The highest BCUT2D eigenvalue weighted by Gasteiger charge is 2.24. The van der Waals surface area contributed by atoms with Crippen LogP contribution in [0.1, 0.15) is 51.2 Å². The third-order valence-corrected chi connectivity index (χ3v) is 3.74. The first-order chi connectivity index (χ1) is 7.59. The summed E-state index contributed by atoms with van der Waals surface area (Å²) in [5.74, 6) is 2.11. The van der Waals surface area contributed by atoms with Gasteiger partial charge in [0.15, 0.2) is 0 Å². The quantitative estimate of drug-likeness (QED) is 0.659. The van der Waals surface area contributed by atoms with Gasteiger partial charge in [-0.2, -0.15) is 0 Å². The molecule has 16 heavy (non-hydrogen) atoms. The Morgan fingerprint density at radius 3 is 2.38 bits per heavy atom. The molecule has 0 nitrogen and oxygen atoms in total. The molecule has 2 rings (SSSR count). The molecule has 0 bridgehead atoms. The van der Waals surface area contributed by atoms with Gasteiger partial charge in [0, 0.05) is 0 Å². The van der Waals surface area contributed by atoms with Crippen molar-refractivity contribution in [3.05, 3.63) is 41.0 Å². The van der Waals surface area contributed by atoms with Crippen LogP contribution in [0, 0.1) is 11.8 Å². The van der Waals surface area contributed by atoms with E-state index in [2.05, 4.69) is 58.0 Å². The maximum atomic E-state index is 2.40. The highest BCUT2D eigenvalue weighted by Crippen LogP contribution is 2.40. The maximum absolute atomic E-state index is 2.40. The molecule has 86 valence electrons.